The number of nitrogens with one attached hydrogen (secondary N) is 2. The summed E-state index contributed by atoms with van der Waals surface area (Å²) in [5.41, 5.74) is 6.25. The summed E-state index contributed by atoms with van der Waals surface area (Å²) in [4.78, 5) is 18.8. The molecule has 0 radical (unpaired) electrons. The van der Waals surface area contributed by atoms with E-state index >= 15 is 0 Å². The van der Waals surface area contributed by atoms with Crippen LogP contribution in [0.25, 0.3) is 0 Å². The maximum absolute atomic E-state index is 12.7. The van der Waals surface area contributed by atoms with Gasteiger partial charge in [0, 0.05) is 38.2 Å². The number of carbonyl (C=O) groups excluding carboxylic acids is 1. The molecule has 2 unspecified atom stereocenters. The van der Waals surface area contributed by atoms with E-state index in [1.165, 1.54) is 0 Å². The number of rotatable bonds is 4. The van der Waals surface area contributed by atoms with Crippen LogP contribution >= 0.6 is 0 Å². The van der Waals surface area contributed by atoms with Crippen LogP contribution in [0.3, 0.4) is 0 Å². The molecule has 2 fully saturated rings. The first kappa shape index (κ1) is 16.1. The Morgan fingerprint density at radius 3 is 2.80 bits per heavy atom. The molecule has 2 aliphatic heterocycles. The molecule has 25 heavy (non-hydrogen) atoms. The normalized spacial score (nSPS) is 24.4. The highest BCUT2D eigenvalue weighted by atomic mass is 16.5. The van der Waals surface area contributed by atoms with Crippen molar-refractivity contribution < 1.29 is 13.9 Å². The standard InChI is InChI=1S/C18H22N4O3/c23-18(15-12-14(20-21-15)16-4-3-11-24-16)22-9-6-13(7-10-22)25-17-5-1-2-8-19-17/h1-5,8,11,13-15,20-21H,6-7,9-10,12H2. The van der Waals surface area contributed by atoms with Crippen LogP contribution in [0.2, 0.25) is 0 Å². The highest BCUT2D eigenvalue weighted by Gasteiger charge is 2.35. The number of piperidine rings is 1. The fourth-order valence-corrected chi connectivity index (χ4v) is 3.40. The minimum absolute atomic E-state index is 0.0361. The summed E-state index contributed by atoms with van der Waals surface area (Å²) in [6, 6.07) is 9.24. The molecule has 7 heteroatoms. The zero-order chi connectivity index (χ0) is 17.1. The smallest absolute Gasteiger partial charge is 0.241 e. The Balaban J connectivity index is 1.27. The zero-order valence-electron chi connectivity index (χ0n) is 13.9. The van der Waals surface area contributed by atoms with E-state index < -0.39 is 0 Å². The van der Waals surface area contributed by atoms with Crippen molar-refractivity contribution in [2.45, 2.75) is 37.5 Å². The number of furan rings is 1. The second-order valence-electron chi connectivity index (χ2n) is 6.46. The van der Waals surface area contributed by atoms with Crippen LogP contribution in [0, 0.1) is 0 Å². The maximum atomic E-state index is 12.7. The molecule has 7 nitrogen and oxygen atoms in total. The predicted molar refractivity (Wildman–Crippen MR) is 90.6 cm³/mol. The molecule has 0 aliphatic carbocycles. The SMILES string of the molecule is O=C(C1CC(c2ccco2)NN1)N1CCC(Oc2ccccn2)CC1. The summed E-state index contributed by atoms with van der Waals surface area (Å²) < 4.78 is 11.3. The average molecular weight is 342 g/mol. The Labute approximate surface area is 146 Å². The van der Waals surface area contributed by atoms with Gasteiger partial charge in [0.15, 0.2) is 0 Å². The monoisotopic (exact) mass is 342 g/mol. The van der Waals surface area contributed by atoms with E-state index in [0.29, 0.717) is 25.4 Å². The molecule has 4 heterocycles. The molecule has 4 rings (SSSR count). The third-order valence-corrected chi connectivity index (χ3v) is 4.77. The molecule has 2 aliphatic rings. The summed E-state index contributed by atoms with van der Waals surface area (Å²) >= 11 is 0. The van der Waals surface area contributed by atoms with Gasteiger partial charge in [-0.05, 0) is 24.6 Å². The number of nitrogens with zero attached hydrogens (tertiary/aromatic N) is 2. The minimum atomic E-state index is -0.219. The Kier molecular flexibility index (Phi) is 4.67. The van der Waals surface area contributed by atoms with Crippen LogP contribution in [0.1, 0.15) is 31.1 Å². The largest absolute Gasteiger partial charge is 0.474 e. The van der Waals surface area contributed by atoms with Crippen LogP contribution in [-0.2, 0) is 4.79 Å². The minimum Gasteiger partial charge on any atom is -0.474 e. The van der Waals surface area contributed by atoms with Crippen molar-refractivity contribution in [2.75, 3.05) is 13.1 Å². The molecule has 0 saturated carbocycles. The van der Waals surface area contributed by atoms with Gasteiger partial charge in [-0.3, -0.25) is 4.79 Å². The number of likely N-dealkylation sites (tertiary alicyclic amines) is 1. The molecular weight excluding hydrogens is 320 g/mol. The van der Waals surface area contributed by atoms with Crippen LogP contribution in [0.4, 0.5) is 0 Å². The van der Waals surface area contributed by atoms with Gasteiger partial charge in [-0.15, -0.1) is 0 Å². The van der Waals surface area contributed by atoms with Crippen LogP contribution in [-0.4, -0.2) is 41.0 Å². The van der Waals surface area contributed by atoms with Gasteiger partial charge >= 0.3 is 0 Å². The van der Waals surface area contributed by atoms with Crippen molar-refractivity contribution in [3.63, 3.8) is 0 Å². The molecule has 2 saturated heterocycles. The van der Waals surface area contributed by atoms with Crippen LogP contribution in [0.5, 0.6) is 5.88 Å². The predicted octanol–water partition coefficient (Wildman–Crippen LogP) is 1.65. The van der Waals surface area contributed by atoms with Gasteiger partial charge < -0.3 is 14.1 Å². The first-order valence-corrected chi connectivity index (χ1v) is 8.70. The van der Waals surface area contributed by atoms with Crippen molar-refractivity contribution in [2.24, 2.45) is 0 Å². The summed E-state index contributed by atoms with van der Waals surface area (Å²) in [6.07, 6.45) is 5.83. The lowest BCUT2D eigenvalue weighted by Crippen LogP contribution is -2.49. The molecule has 0 spiro atoms. The van der Waals surface area contributed by atoms with Gasteiger partial charge in [0.05, 0.1) is 12.3 Å². The molecule has 2 atom stereocenters. The lowest BCUT2D eigenvalue weighted by Gasteiger charge is -2.33. The number of hydrogen-bond donors (Lipinski definition) is 2. The first-order chi connectivity index (χ1) is 12.3. The summed E-state index contributed by atoms with van der Waals surface area (Å²) in [5, 5.41) is 0. The van der Waals surface area contributed by atoms with Gasteiger partial charge in [0.2, 0.25) is 11.8 Å². The third-order valence-electron chi connectivity index (χ3n) is 4.77. The van der Waals surface area contributed by atoms with Gasteiger partial charge in [0.25, 0.3) is 0 Å². The summed E-state index contributed by atoms with van der Waals surface area (Å²) in [6.45, 7) is 1.42. The second-order valence-corrected chi connectivity index (χ2v) is 6.46. The lowest BCUT2D eigenvalue weighted by molar-refractivity contribution is -0.135. The molecule has 2 N–H and O–H groups in total. The zero-order valence-corrected chi connectivity index (χ0v) is 13.9. The van der Waals surface area contributed by atoms with E-state index in [0.717, 1.165) is 18.6 Å². The number of pyridine rings is 1. The van der Waals surface area contributed by atoms with Crippen molar-refractivity contribution in [3.8, 4) is 5.88 Å². The van der Waals surface area contributed by atoms with Gasteiger partial charge in [0.1, 0.15) is 17.9 Å². The number of carbonyl (C=O) groups is 1. The van der Waals surface area contributed by atoms with Crippen molar-refractivity contribution >= 4 is 5.91 Å². The summed E-state index contributed by atoms with van der Waals surface area (Å²) in [5.74, 6) is 1.64. The Bertz CT molecular complexity index is 684. The Hall–Kier alpha value is -2.38. The lowest BCUT2D eigenvalue weighted by atomic mass is 10.0. The van der Waals surface area contributed by atoms with E-state index in [1.54, 1.807) is 12.5 Å². The fraction of sp³-hybridized carbons (Fsp3) is 0.444. The van der Waals surface area contributed by atoms with E-state index in [2.05, 4.69) is 15.8 Å². The Morgan fingerprint density at radius 1 is 1.20 bits per heavy atom. The van der Waals surface area contributed by atoms with E-state index in [9.17, 15) is 4.79 Å². The van der Waals surface area contributed by atoms with Gasteiger partial charge in [-0.25, -0.2) is 15.8 Å². The van der Waals surface area contributed by atoms with Crippen molar-refractivity contribution in [1.29, 1.82) is 0 Å². The number of hydrogen-bond acceptors (Lipinski definition) is 6. The maximum Gasteiger partial charge on any atom is 0.241 e. The van der Waals surface area contributed by atoms with E-state index in [4.69, 9.17) is 9.15 Å². The molecular formula is C18H22N4O3. The quantitative estimate of drug-likeness (QED) is 0.880. The molecule has 1 amide bonds. The highest BCUT2D eigenvalue weighted by molar-refractivity contribution is 5.82. The van der Waals surface area contributed by atoms with E-state index in [-0.39, 0.29) is 24.1 Å². The van der Waals surface area contributed by atoms with Crippen molar-refractivity contribution in [1.82, 2.24) is 20.7 Å². The molecule has 2 aromatic heterocycles. The number of hydrazine groups is 1. The third kappa shape index (κ3) is 3.67. The average Bonchev–Trinajstić information content (AvgIpc) is 3.34. The molecule has 0 aromatic carbocycles. The fourth-order valence-electron chi connectivity index (χ4n) is 3.40. The molecule has 2 aromatic rings. The Morgan fingerprint density at radius 2 is 2.08 bits per heavy atom. The van der Waals surface area contributed by atoms with Gasteiger partial charge in [-0.2, -0.15) is 0 Å². The second kappa shape index (κ2) is 7.25. The number of aromatic nitrogens is 1. The van der Waals surface area contributed by atoms with Gasteiger partial charge in [-0.1, -0.05) is 6.07 Å². The molecule has 132 valence electrons. The van der Waals surface area contributed by atoms with Crippen LogP contribution < -0.4 is 15.6 Å². The van der Waals surface area contributed by atoms with E-state index in [1.807, 2.05) is 35.2 Å². The first-order valence-electron chi connectivity index (χ1n) is 8.70. The molecule has 0 bridgehead atoms. The number of ether oxygens (including phenoxy) is 1. The topological polar surface area (TPSA) is 79.6 Å². The highest BCUT2D eigenvalue weighted by Crippen LogP contribution is 2.24. The van der Waals surface area contributed by atoms with Crippen LogP contribution in [0.15, 0.2) is 47.2 Å². The summed E-state index contributed by atoms with van der Waals surface area (Å²) in [7, 11) is 0. The van der Waals surface area contributed by atoms with Crippen molar-refractivity contribution in [3.05, 3.63) is 48.6 Å². The number of amides is 1.